The van der Waals surface area contributed by atoms with Gasteiger partial charge in [0.1, 0.15) is 11.6 Å². The van der Waals surface area contributed by atoms with E-state index in [0.29, 0.717) is 25.2 Å². The van der Waals surface area contributed by atoms with Crippen molar-refractivity contribution in [2.24, 2.45) is 5.92 Å². The van der Waals surface area contributed by atoms with E-state index in [1.54, 1.807) is 4.68 Å². The highest BCUT2D eigenvalue weighted by atomic mass is 16.3. The molecule has 6 nitrogen and oxygen atoms in total. The van der Waals surface area contributed by atoms with E-state index < -0.39 is 0 Å². The van der Waals surface area contributed by atoms with Crippen LogP contribution in [0.4, 0.5) is 5.82 Å². The minimum Gasteiger partial charge on any atom is -0.394 e. The molecule has 1 aliphatic carbocycles. The van der Waals surface area contributed by atoms with E-state index >= 15 is 0 Å². The van der Waals surface area contributed by atoms with E-state index in [9.17, 15) is 14.7 Å². The summed E-state index contributed by atoms with van der Waals surface area (Å²) in [4.78, 5) is 23.3. The van der Waals surface area contributed by atoms with Gasteiger partial charge in [0.05, 0.1) is 24.8 Å². The second-order valence-electron chi connectivity index (χ2n) is 6.44. The molecule has 0 unspecified atom stereocenters. The van der Waals surface area contributed by atoms with Crippen molar-refractivity contribution in [3.63, 3.8) is 0 Å². The first-order valence-electron chi connectivity index (χ1n) is 8.71. The molecule has 1 aromatic heterocycles. The number of aromatic nitrogens is 2. The molecule has 0 atom stereocenters. The number of aryl methyl sites for hydroxylation is 1. The maximum absolute atomic E-state index is 12.2. The van der Waals surface area contributed by atoms with Gasteiger partial charge >= 0.3 is 0 Å². The van der Waals surface area contributed by atoms with E-state index in [2.05, 4.69) is 29.5 Å². The number of rotatable bonds is 7. The SMILES string of the molecule is CCCc1ccc(-c2cc(NC(=O)C3CC(=O)C3)n(CCO)n2)cc1. The van der Waals surface area contributed by atoms with Crippen molar-refractivity contribution < 1.29 is 14.7 Å². The van der Waals surface area contributed by atoms with E-state index in [0.717, 1.165) is 24.1 Å². The lowest BCUT2D eigenvalue weighted by Gasteiger charge is -2.22. The van der Waals surface area contributed by atoms with Crippen LogP contribution in [0.25, 0.3) is 11.3 Å². The zero-order valence-electron chi connectivity index (χ0n) is 14.4. The summed E-state index contributed by atoms with van der Waals surface area (Å²) in [6, 6.07) is 10.0. The van der Waals surface area contributed by atoms with Gasteiger partial charge in [-0.25, -0.2) is 4.68 Å². The number of amides is 1. The largest absolute Gasteiger partial charge is 0.394 e. The minimum absolute atomic E-state index is 0.0681. The maximum atomic E-state index is 12.2. The standard InChI is InChI=1S/C19H23N3O3/c1-2-3-13-4-6-14(7-5-13)17-12-18(22(21-17)8-9-23)20-19(25)15-10-16(24)11-15/h4-7,12,15,23H,2-3,8-11H2,1H3,(H,20,25). The molecule has 6 heteroatoms. The van der Waals surface area contributed by atoms with Crippen LogP contribution in [0.15, 0.2) is 30.3 Å². The number of Topliss-reactive ketones (excluding diaryl/α,β-unsaturated/α-hetero) is 1. The van der Waals surface area contributed by atoms with Crippen LogP contribution in [0.3, 0.4) is 0 Å². The maximum Gasteiger partial charge on any atom is 0.229 e. The molecule has 132 valence electrons. The second kappa shape index (κ2) is 7.61. The Morgan fingerprint density at radius 1 is 1.32 bits per heavy atom. The third kappa shape index (κ3) is 3.96. The van der Waals surface area contributed by atoms with Gasteiger partial charge in [-0.05, 0) is 12.0 Å². The predicted molar refractivity (Wildman–Crippen MR) is 95.1 cm³/mol. The molecule has 1 heterocycles. The number of carbonyl (C=O) groups excluding carboxylic acids is 2. The minimum atomic E-state index is -0.248. The average Bonchev–Trinajstić information content (AvgIpc) is 2.96. The molecule has 2 aromatic rings. The van der Waals surface area contributed by atoms with Crippen LogP contribution < -0.4 is 5.32 Å². The van der Waals surface area contributed by atoms with Crippen LogP contribution in [0.1, 0.15) is 31.7 Å². The van der Waals surface area contributed by atoms with Crippen LogP contribution in [0.2, 0.25) is 0 Å². The van der Waals surface area contributed by atoms with Gasteiger partial charge in [0.2, 0.25) is 5.91 Å². The predicted octanol–water partition coefficient (Wildman–Crippen LogP) is 2.41. The van der Waals surface area contributed by atoms with Crippen molar-refractivity contribution in [2.45, 2.75) is 39.2 Å². The van der Waals surface area contributed by atoms with E-state index in [4.69, 9.17) is 0 Å². The lowest BCUT2D eigenvalue weighted by atomic mass is 9.83. The summed E-state index contributed by atoms with van der Waals surface area (Å²) < 4.78 is 1.59. The van der Waals surface area contributed by atoms with Crippen LogP contribution in [0, 0.1) is 5.92 Å². The number of ketones is 1. The van der Waals surface area contributed by atoms with Crippen LogP contribution in [0.5, 0.6) is 0 Å². The number of aliphatic hydroxyl groups excluding tert-OH is 1. The first-order chi connectivity index (χ1) is 12.1. The summed E-state index contributed by atoms with van der Waals surface area (Å²) in [5.74, 6) is 0.258. The van der Waals surface area contributed by atoms with Crippen LogP contribution >= 0.6 is 0 Å². The number of hydrogen-bond acceptors (Lipinski definition) is 4. The summed E-state index contributed by atoms with van der Waals surface area (Å²) in [7, 11) is 0. The Balaban J connectivity index is 1.78. The highest BCUT2D eigenvalue weighted by Crippen LogP contribution is 2.27. The molecule has 0 aliphatic heterocycles. The van der Waals surface area contributed by atoms with Gasteiger partial charge in [-0.2, -0.15) is 5.10 Å². The highest BCUT2D eigenvalue weighted by molar-refractivity contribution is 6.01. The fourth-order valence-electron chi connectivity index (χ4n) is 2.96. The van der Waals surface area contributed by atoms with Crippen molar-refractivity contribution >= 4 is 17.5 Å². The third-order valence-electron chi connectivity index (χ3n) is 4.45. The lowest BCUT2D eigenvalue weighted by molar-refractivity contribution is -0.135. The van der Waals surface area contributed by atoms with Gasteiger partial charge < -0.3 is 10.4 Å². The van der Waals surface area contributed by atoms with E-state index in [-0.39, 0.29) is 24.2 Å². The van der Waals surface area contributed by atoms with Crippen molar-refractivity contribution in [3.8, 4) is 11.3 Å². The van der Waals surface area contributed by atoms with Crippen molar-refractivity contribution in [1.82, 2.24) is 9.78 Å². The van der Waals surface area contributed by atoms with E-state index in [1.165, 1.54) is 5.56 Å². The Kier molecular flexibility index (Phi) is 5.28. The van der Waals surface area contributed by atoms with Crippen LogP contribution in [-0.4, -0.2) is 33.2 Å². The Morgan fingerprint density at radius 3 is 2.64 bits per heavy atom. The number of benzene rings is 1. The quantitative estimate of drug-likeness (QED) is 0.810. The number of carbonyl (C=O) groups is 2. The number of hydrogen-bond donors (Lipinski definition) is 2. The summed E-state index contributed by atoms with van der Waals surface area (Å²) >= 11 is 0. The first kappa shape index (κ1) is 17.4. The Bertz CT molecular complexity index is 757. The van der Waals surface area contributed by atoms with Gasteiger partial charge in [0, 0.05) is 24.5 Å². The number of nitrogens with one attached hydrogen (secondary N) is 1. The van der Waals surface area contributed by atoms with Gasteiger partial charge in [0.15, 0.2) is 0 Å². The molecule has 1 saturated carbocycles. The van der Waals surface area contributed by atoms with Crippen molar-refractivity contribution in [1.29, 1.82) is 0 Å². The van der Waals surface area contributed by atoms with E-state index in [1.807, 2.05) is 18.2 Å². The van der Waals surface area contributed by atoms with Crippen molar-refractivity contribution in [3.05, 3.63) is 35.9 Å². The number of aliphatic hydroxyl groups is 1. The molecule has 2 N–H and O–H groups in total. The fraction of sp³-hybridized carbons (Fsp3) is 0.421. The summed E-state index contributed by atoms with van der Waals surface area (Å²) in [6.45, 7) is 2.38. The lowest BCUT2D eigenvalue weighted by Crippen LogP contribution is -2.35. The molecule has 1 aliphatic rings. The summed E-state index contributed by atoms with van der Waals surface area (Å²) in [5.41, 5.74) is 2.99. The molecule has 3 rings (SSSR count). The zero-order chi connectivity index (χ0) is 17.8. The average molecular weight is 341 g/mol. The highest BCUT2D eigenvalue weighted by Gasteiger charge is 2.33. The molecule has 0 radical (unpaired) electrons. The fourth-order valence-corrected chi connectivity index (χ4v) is 2.96. The van der Waals surface area contributed by atoms with Gasteiger partial charge in [0.25, 0.3) is 0 Å². The molecule has 25 heavy (non-hydrogen) atoms. The molecule has 1 amide bonds. The first-order valence-corrected chi connectivity index (χ1v) is 8.71. The van der Waals surface area contributed by atoms with Gasteiger partial charge in [-0.3, -0.25) is 9.59 Å². The van der Waals surface area contributed by atoms with Crippen molar-refractivity contribution in [2.75, 3.05) is 11.9 Å². The zero-order valence-corrected chi connectivity index (χ0v) is 14.4. The molecule has 1 aromatic carbocycles. The Labute approximate surface area is 146 Å². The molecule has 0 saturated heterocycles. The molecule has 0 bridgehead atoms. The topological polar surface area (TPSA) is 84.2 Å². The smallest absolute Gasteiger partial charge is 0.229 e. The number of nitrogens with zero attached hydrogens (tertiary/aromatic N) is 2. The van der Waals surface area contributed by atoms with Gasteiger partial charge in [-0.15, -0.1) is 0 Å². The second-order valence-corrected chi connectivity index (χ2v) is 6.44. The number of anilines is 1. The van der Waals surface area contributed by atoms with Crippen LogP contribution in [-0.2, 0) is 22.6 Å². The summed E-state index contributed by atoms with van der Waals surface area (Å²) in [5, 5.41) is 16.6. The van der Waals surface area contributed by atoms with Gasteiger partial charge in [-0.1, -0.05) is 37.6 Å². The molecular weight excluding hydrogens is 318 g/mol. The Hall–Kier alpha value is -2.47. The molecule has 0 spiro atoms. The third-order valence-corrected chi connectivity index (χ3v) is 4.45. The molecule has 1 fully saturated rings. The molecular formula is C19H23N3O3. The monoisotopic (exact) mass is 341 g/mol. The normalized spacial score (nSPS) is 14.4. The Morgan fingerprint density at radius 2 is 2.04 bits per heavy atom. The summed E-state index contributed by atoms with van der Waals surface area (Å²) in [6.07, 6.45) is 2.77.